The highest BCUT2D eigenvalue weighted by Crippen LogP contribution is 2.37. The van der Waals surface area contributed by atoms with E-state index in [-0.39, 0.29) is 13.2 Å². The number of hydrogen-bond donors (Lipinski definition) is 2. The van der Waals surface area contributed by atoms with Crippen LogP contribution in [0.15, 0.2) is 60.7 Å². The van der Waals surface area contributed by atoms with Crippen LogP contribution >= 0.6 is 0 Å². The first-order chi connectivity index (χ1) is 11.6. The predicted octanol–water partition coefficient (Wildman–Crippen LogP) is 2.13. The predicted molar refractivity (Wildman–Crippen MR) is 86.8 cm³/mol. The molecule has 0 bridgehead atoms. The molecule has 6 heteroatoms. The number of para-hydroxylation sites is 1. The van der Waals surface area contributed by atoms with Gasteiger partial charge in [-0.25, -0.2) is 0 Å². The number of hydroxylamine groups is 2. The van der Waals surface area contributed by atoms with Crippen LogP contribution < -0.4 is 10.5 Å². The van der Waals surface area contributed by atoms with Gasteiger partial charge in [0.25, 0.3) is 0 Å². The summed E-state index contributed by atoms with van der Waals surface area (Å²) >= 11 is 0. The lowest BCUT2D eigenvalue weighted by molar-refractivity contribution is -0.360. The van der Waals surface area contributed by atoms with Gasteiger partial charge < -0.3 is 20.4 Å². The molecule has 2 aromatic carbocycles. The van der Waals surface area contributed by atoms with Gasteiger partial charge in [-0.2, -0.15) is 0 Å². The number of carbonyl (C=O) groups is 1. The first-order valence-electron chi connectivity index (χ1n) is 7.79. The molecule has 3 N–H and O–H groups in total. The van der Waals surface area contributed by atoms with E-state index in [9.17, 15) is 10.0 Å². The van der Waals surface area contributed by atoms with Gasteiger partial charge in [-0.05, 0) is 24.1 Å². The summed E-state index contributed by atoms with van der Waals surface area (Å²) in [5.74, 6) is -2.51. The second-order valence-electron chi connectivity index (χ2n) is 5.69. The van der Waals surface area contributed by atoms with Crippen LogP contribution in [0.5, 0.6) is 5.75 Å². The largest absolute Gasteiger partial charge is 0.446 e. The fraction of sp³-hybridized carbons (Fsp3) is 0.278. The molecule has 2 atom stereocenters. The molecule has 1 aliphatic heterocycles. The Morgan fingerprint density at radius 3 is 2.42 bits per heavy atom. The molecular formula is C18H20N2O4. The summed E-state index contributed by atoms with van der Waals surface area (Å²) in [6.45, 7) is 0.406. The summed E-state index contributed by atoms with van der Waals surface area (Å²) < 4.78 is 11.8. The van der Waals surface area contributed by atoms with E-state index in [0.717, 1.165) is 10.6 Å². The lowest BCUT2D eigenvalue weighted by atomic mass is 10.0. The molecule has 2 aromatic rings. The average molecular weight is 328 g/mol. The zero-order valence-corrected chi connectivity index (χ0v) is 13.2. The molecule has 1 heterocycles. The van der Waals surface area contributed by atoms with E-state index in [1.807, 2.05) is 36.4 Å². The van der Waals surface area contributed by atoms with Crippen molar-refractivity contribution in [3.8, 4) is 5.75 Å². The lowest BCUT2D eigenvalue weighted by Gasteiger charge is -2.37. The van der Waals surface area contributed by atoms with Crippen molar-refractivity contribution in [3.05, 3.63) is 66.2 Å². The highest BCUT2D eigenvalue weighted by molar-refractivity contribution is 5.78. The third-order valence-electron chi connectivity index (χ3n) is 4.07. The summed E-state index contributed by atoms with van der Waals surface area (Å²) in [4.78, 5) is 11.9. The molecule has 126 valence electrons. The van der Waals surface area contributed by atoms with Gasteiger partial charge in [0.15, 0.2) is 0 Å². The molecule has 1 amide bonds. The molecule has 0 aliphatic carbocycles. The van der Waals surface area contributed by atoms with Crippen LogP contribution in [0.25, 0.3) is 0 Å². The molecule has 1 fully saturated rings. The Hall–Kier alpha value is -2.41. The van der Waals surface area contributed by atoms with Crippen LogP contribution in [0.3, 0.4) is 0 Å². The van der Waals surface area contributed by atoms with Gasteiger partial charge in [-0.15, -0.1) is 5.06 Å². The van der Waals surface area contributed by atoms with Gasteiger partial charge in [-0.1, -0.05) is 48.5 Å². The number of hydrogen-bond acceptors (Lipinski definition) is 5. The highest BCUT2D eigenvalue weighted by Gasteiger charge is 2.56. The standard InChI is InChI=1S/C18H20N2O4/c19-17(21)16-11-12-20(22)18(16,24-15-9-5-2-6-10-15)23-13-14-7-3-1-4-8-14/h1-10,16,22H,11-13H2,(H2,19,21)/t16?,18-/m1/s1. The minimum absolute atomic E-state index is 0.175. The minimum Gasteiger partial charge on any atom is -0.446 e. The molecule has 0 radical (unpaired) electrons. The summed E-state index contributed by atoms with van der Waals surface area (Å²) in [7, 11) is 0. The van der Waals surface area contributed by atoms with E-state index in [0.29, 0.717) is 12.2 Å². The van der Waals surface area contributed by atoms with Crippen molar-refractivity contribution in [3.63, 3.8) is 0 Å². The number of rotatable bonds is 6. The average Bonchev–Trinajstić information content (AvgIpc) is 2.92. The number of ether oxygens (including phenoxy) is 2. The van der Waals surface area contributed by atoms with Gasteiger partial charge >= 0.3 is 5.91 Å². The van der Waals surface area contributed by atoms with Crippen molar-refractivity contribution in [2.75, 3.05) is 6.54 Å². The van der Waals surface area contributed by atoms with Gasteiger partial charge in [0.05, 0.1) is 6.61 Å². The van der Waals surface area contributed by atoms with Crippen molar-refractivity contribution in [1.82, 2.24) is 5.06 Å². The number of benzene rings is 2. The molecule has 0 saturated carbocycles. The quantitative estimate of drug-likeness (QED) is 0.794. The fourth-order valence-electron chi connectivity index (χ4n) is 2.84. The van der Waals surface area contributed by atoms with E-state index in [1.165, 1.54) is 0 Å². The van der Waals surface area contributed by atoms with Crippen molar-refractivity contribution in [1.29, 1.82) is 0 Å². The zero-order valence-electron chi connectivity index (χ0n) is 13.2. The summed E-state index contributed by atoms with van der Waals surface area (Å²) in [6, 6.07) is 18.4. The lowest BCUT2D eigenvalue weighted by Crippen LogP contribution is -2.56. The first-order valence-corrected chi connectivity index (χ1v) is 7.79. The SMILES string of the molecule is NC(=O)C1CCN(O)[C@]1(OCc1ccccc1)Oc1ccccc1. The monoisotopic (exact) mass is 328 g/mol. The molecule has 0 spiro atoms. The van der Waals surface area contributed by atoms with Gasteiger partial charge in [-0.3, -0.25) is 4.79 Å². The summed E-state index contributed by atoms with van der Waals surface area (Å²) in [6.07, 6.45) is 0.355. The molecule has 3 rings (SSSR count). The Bertz CT molecular complexity index is 680. The number of carbonyl (C=O) groups excluding carboxylic acids is 1. The molecule has 1 aliphatic rings. The van der Waals surface area contributed by atoms with Crippen LogP contribution in [-0.2, 0) is 16.1 Å². The maximum atomic E-state index is 11.9. The van der Waals surface area contributed by atoms with Crippen molar-refractivity contribution < 1.29 is 19.5 Å². The van der Waals surface area contributed by atoms with Crippen LogP contribution in [0, 0.1) is 5.92 Å². The van der Waals surface area contributed by atoms with E-state index < -0.39 is 17.7 Å². The van der Waals surface area contributed by atoms with Gasteiger partial charge in [0.2, 0.25) is 5.91 Å². The van der Waals surface area contributed by atoms with E-state index in [4.69, 9.17) is 15.2 Å². The third kappa shape index (κ3) is 3.26. The second kappa shape index (κ2) is 7.00. The number of nitrogens with two attached hydrogens (primary N) is 1. The summed E-state index contributed by atoms with van der Waals surface area (Å²) in [5, 5.41) is 11.3. The molecule has 0 aromatic heterocycles. The number of amides is 1. The third-order valence-corrected chi connectivity index (χ3v) is 4.07. The molecule has 1 unspecified atom stereocenters. The maximum Gasteiger partial charge on any atom is 0.307 e. The number of nitrogens with zero attached hydrogens (tertiary/aromatic N) is 1. The van der Waals surface area contributed by atoms with E-state index in [2.05, 4.69) is 0 Å². The zero-order chi connectivity index (χ0) is 17.0. The van der Waals surface area contributed by atoms with Crippen LogP contribution in [0.2, 0.25) is 0 Å². The Morgan fingerprint density at radius 2 is 1.79 bits per heavy atom. The smallest absolute Gasteiger partial charge is 0.307 e. The molecule has 24 heavy (non-hydrogen) atoms. The Balaban J connectivity index is 1.89. The van der Waals surface area contributed by atoms with Crippen molar-refractivity contribution in [2.45, 2.75) is 18.9 Å². The topological polar surface area (TPSA) is 85.0 Å². The van der Waals surface area contributed by atoms with E-state index >= 15 is 0 Å². The minimum atomic E-state index is -1.64. The van der Waals surface area contributed by atoms with Crippen LogP contribution in [-0.4, -0.2) is 28.6 Å². The normalized spacial score (nSPS) is 24.0. The van der Waals surface area contributed by atoms with E-state index in [1.54, 1.807) is 24.3 Å². The molecular weight excluding hydrogens is 308 g/mol. The van der Waals surface area contributed by atoms with Crippen molar-refractivity contribution in [2.24, 2.45) is 11.7 Å². The highest BCUT2D eigenvalue weighted by atomic mass is 16.8. The van der Waals surface area contributed by atoms with Crippen LogP contribution in [0.1, 0.15) is 12.0 Å². The van der Waals surface area contributed by atoms with Crippen molar-refractivity contribution >= 4 is 5.91 Å². The maximum absolute atomic E-state index is 11.9. The Labute approximate surface area is 140 Å². The van der Waals surface area contributed by atoms with Gasteiger partial charge in [0, 0.05) is 6.54 Å². The second-order valence-corrected chi connectivity index (χ2v) is 5.69. The number of primary amides is 1. The first kappa shape index (κ1) is 16.4. The Kier molecular flexibility index (Phi) is 4.80. The fourth-order valence-corrected chi connectivity index (χ4v) is 2.84. The Morgan fingerprint density at radius 1 is 1.17 bits per heavy atom. The summed E-state index contributed by atoms with van der Waals surface area (Å²) in [5.41, 5.74) is 6.42. The molecule has 6 nitrogen and oxygen atoms in total. The van der Waals surface area contributed by atoms with Gasteiger partial charge in [0.1, 0.15) is 11.7 Å². The molecule has 1 saturated heterocycles. The van der Waals surface area contributed by atoms with Crippen LogP contribution in [0.4, 0.5) is 0 Å².